The molecule has 1 aromatic heterocycles. The number of rotatable bonds is 6. The molecule has 0 aliphatic rings. The summed E-state index contributed by atoms with van der Waals surface area (Å²) in [7, 11) is 0. The molecule has 0 bridgehead atoms. The number of tetrazole rings is 1. The second kappa shape index (κ2) is 8.39. The fraction of sp³-hybridized carbons (Fsp3) is 0.400. The van der Waals surface area contributed by atoms with Crippen LogP contribution < -0.4 is 10.6 Å². The number of carbonyl (C=O) groups is 2. The zero-order valence-corrected chi connectivity index (χ0v) is 14.2. The molecule has 1 aromatic carbocycles. The molecule has 0 saturated carbocycles. The first-order valence-electron chi connectivity index (χ1n) is 7.55. The van der Waals surface area contributed by atoms with Crippen LogP contribution in [0.4, 0.5) is 4.79 Å². The number of amides is 3. The van der Waals surface area contributed by atoms with Crippen molar-refractivity contribution in [2.45, 2.75) is 26.8 Å². The Bertz CT molecular complexity index is 698. The Kier molecular flexibility index (Phi) is 6.25. The first-order valence-corrected chi connectivity index (χ1v) is 7.93. The number of aromatic nitrogens is 4. The van der Waals surface area contributed by atoms with E-state index in [1.165, 1.54) is 0 Å². The minimum absolute atomic E-state index is 0.196. The van der Waals surface area contributed by atoms with E-state index in [1.54, 1.807) is 24.3 Å². The lowest BCUT2D eigenvalue weighted by molar-refractivity contribution is -0.121. The van der Waals surface area contributed by atoms with E-state index in [0.717, 1.165) is 16.8 Å². The van der Waals surface area contributed by atoms with E-state index >= 15 is 0 Å². The van der Waals surface area contributed by atoms with Gasteiger partial charge in [0.15, 0.2) is 0 Å². The zero-order valence-electron chi connectivity index (χ0n) is 13.5. The van der Waals surface area contributed by atoms with Gasteiger partial charge < -0.3 is 5.32 Å². The van der Waals surface area contributed by atoms with Crippen LogP contribution in [0.15, 0.2) is 24.3 Å². The van der Waals surface area contributed by atoms with Crippen molar-refractivity contribution in [1.82, 2.24) is 30.8 Å². The lowest BCUT2D eigenvalue weighted by atomic mass is 10.1. The van der Waals surface area contributed by atoms with Crippen molar-refractivity contribution in [3.8, 4) is 11.4 Å². The first kappa shape index (κ1) is 17.9. The van der Waals surface area contributed by atoms with Crippen LogP contribution in [-0.4, -0.2) is 38.7 Å². The van der Waals surface area contributed by atoms with Gasteiger partial charge in [-0.1, -0.05) is 25.4 Å². The largest absolute Gasteiger partial charge is 0.338 e. The van der Waals surface area contributed by atoms with Gasteiger partial charge in [-0.2, -0.15) is 4.80 Å². The summed E-state index contributed by atoms with van der Waals surface area (Å²) in [6.45, 7) is 4.43. The molecule has 0 unspecified atom stereocenters. The monoisotopic (exact) mass is 350 g/mol. The summed E-state index contributed by atoms with van der Waals surface area (Å²) in [5.74, 6) is 0.338. The molecule has 3 amide bonds. The second-order valence-electron chi connectivity index (χ2n) is 5.64. The second-order valence-corrected chi connectivity index (χ2v) is 6.07. The summed E-state index contributed by atoms with van der Waals surface area (Å²) >= 11 is 5.82. The maximum absolute atomic E-state index is 11.8. The standard InChI is InChI=1S/C15H19ClN6O2/c1-10(2)7-8-17-15(24)18-13(23)9-22-20-14(19-21-22)11-3-5-12(16)6-4-11/h3-6,10H,7-9H2,1-2H3,(H2,17,18,23,24). The van der Waals surface area contributed by atoms with Crippen LogP contribution in [0.5, 0.6) is 0 Å². The van der Waals surface area contributed by atoms with E-state index in [2.05, 4.69) is 39.9 Å². The smallest absolute Gasteiger partial charge is 0.321 e. The Morgan fingerprint density at radius 1 is 1.25 bits per heavy atom. The normalized spacial score (nSPS) is 10.7. The Labute approximate surface area is 144 Å². The maximum Gasteiger partial charge on any atom is 0.321 e. The maximum atomic E-state index is 11.8. The molecule has 1 heterocycles. The van der Waals surface area contributed by atoms with Crippen LogP contribution in [0.2, 0.25) is 5.02 Å². The van der Waals surface area contributed by atoms with Gasteiger partial charge >= 0.3 is 6.03 Å². The van der Waals surface area contributed by atoms with Crippen molar-refractivity contribution >= 4 is 23.5 Å². The molecule has 0 aliphatic heterocycles. The molecule has 0 saturated heterocycles. The topological polar surface area (TPSA) is 102 Å². The predicted octanol–water partition coefficient (Wildman–Crippen LogP) is 1.87. The summed E-state index contributed by atoms with van der Waals surface area (Å²) in [5, 5.41) is 17.2. The molecule has 0 fully saturated rings. The van der Waals surface area contributed by atoms with E-state index in [-0.39, 0.29) is 6.54 Å². The van der Waals surface area contributed by atoms with Gasteiger partial charge in [-0.05, 0) is 41.8 Å². The number of nitrogens with zero attached hydrogens (tertiary/aromatic N) is 4. The molecular weight excluding hydrogens is 332 g/mol. The van der Waals surface area contributed by atoms with E-state index in [1.807, 2.05) is 0 Å². The van der Waals surface area contributed by atoms with Crippen LogP contribution >= 0.6 is 11.6 Å². The fourth-order valence-corrected chi connectivity index (χ4v) is 1.96. The van der Waals surface area contributed by atoms with E-state index in [4.69, 9.17) is 11.6 Å². The number of nitrogens with one attached hydrogen (secondary N) is 2. The number of carbonyl (C=O) groups excluding carboxylic acids is 2. The van der Waals surface area contributed by atoms with Crippen molar-refractivity contribution < 1.29 is 9.59 Å². The van der Waals surface area contributed by atoms with Crippen LogP contribution in [0.25, 0.3) is 11.4 Å². The number of hydrogen-bond acceptors (Lipinski definition) is 5. The average Bonchev–Trinajstić information content (AvgIpc) is 2.95. The molecule has 2 N–H and O–H groups in total. The molecule has 0 spiro atoms. The summed E-state index contributed by atoms with van der Waals surface area (Å²) in [4.78, 5) is 24.5. The first-order chi connectivity index (χ1) is 11.4. The van der Waals surface area contributed by atoms with Gasteiger partial charge in [0.1, 0.15) is 6.54 Å². The van der Waals surface area contributed by atoms with Crippen molar-refractivity contribution in [2.75, 3.05) is 6.54 Å². The Morgan fingerprint density at radius 3 is 2.62 bits per heavy atom. The molecule has 0 atom stereocenters. The van der Waals surface area contributed by atoms with Gasteiger partial charge in [0.05, 0.1) is 0 Å². The third-order valence-corrected chi connectivity index (χ3v) is 3.35. The SMILES string of the molecule is CC(C)CCNC(=O)NC(=O)Cn1nnc(-c2ccc(Cl)cc2)n1. The van der Waals surface area contributed by atoms with Crippen molar-refractivity contribution in [3.05, 3.63) is 29.3 Å². The zero-order chi connectivity index (χ0) is 17.5. The number of benzene rings is 1. The van der Waals surface area contributed by atoms with Gasteiger partial charge in [0, 0.05) is 17.1 Å². The third-order valence-electron chi connectivity index (χ3n) is 3.10. The van der Waals surface area contributed by atoms with Gasteiger partial charge in [0.25, 0.3) is 5.91 Å². The highest BCUT2D eigenvalue weighted by atomic mass is 35.5. The molecule has 128 valence electrons. The van der Waals surface area contributed by atoms with E-state index in [9.17, 15) is 9.59 Å². The lowest BCUT2D eigenvalue weighted by Gasteiger charge is -2.07. The Balaban J connectivity index is 1.84. The third kappa shape index (κ3) is 5.62. The predicted molar refractivity (Wildman–Crippen MR) is 89.3 cm³/mol. The van der Waals surface area contributed by atoms with Crippen LogP contribution in [0.1, 0.15) is 20.3 Å². The van der Waals surface area contributed by atoms with Gasteiger partial charge in [-0.3, -0.25) is 10.1 Å². The number of imide groups is 1. The van der Waals surface area contributed by atoms with Gasteiger partial charge in [-0.15, -0.1) is 10.2 Å². The van der Waals surface area contributed by atoms with E-state index in [0.29, 0.717) is 23.3 Å². The van der Waals surface area contributed by atoms with E-state index < -0.39 is 11.9 Å². The van der Waals surface area contributed by atoms with Crippen molar-refractivity contribution in [3.63, 3.8) is 0 Å². The summed E-state index contributed by atoms with van der Waals surface area (Å²) in [6, 6.07) is 6.41. The minimum atomic E-state index is -0.529. The summed E-state index contributed by atoms with van der Waals surface area (Å²) in [5.41, 5.74) is 0.734. The average molecular weight is 351 g/mol. The number of hydrogen-bond donors (Lipinski definition) is 2. The minimum Gasteiger partial charge on any atom is -0.338 e. The van der Waals surface area contributed by atoms with Crippen LogP contribution in [0, 0.1) is 5.92 Å². The Hall–Kier alpha value is -2.48. The van der Waals surface area contributed by atoms with Crippen molar-refractivity contribution in [2.24, 2.45) is 5.92 Å². The lowest BCUT2D eigenvalue weighted by Crippen LogP contribution is -2.41. The molecule has 24 heavy (non-hydrogen) atoms. The molecule has 0 radical (unpaired) electrons. The quantitative estimate of drug-likeness (QED) is 0.828. The molecule has 9 heteroatoms. The van der Waals surface area contributed by atoms with Gasteiger partial charge in [0.2, 0.25) is 5.82 Å². The fourth-order valence-electron chi connectivity index (χ4n) is 1.84. The molecule has 8 nitrogen and oxygen atoms in total. The highest BCUT2D eigenvalue weighted by Crippen LogP contribution is 2.16. The molecular formula is C15H19ClN6O2. The summed E-state index contributed by atoms with van der Waals surface area (Å²) < 4.78 is 0. The molecule has 0 aliphatic carbocycles. The molecule has 2 rings (SSSR count). The highest BCUT2D eigenvalue weighted by molar-refractivity contribution is 6.30. The molecule has 2 aromatic rings. The highest BCUT2D eigenvalue weighted by Gasteiger charge is 2.11. The van der Waals surface area contributed by atoms with Crippen LogP contribution in [0.3, 0.4) is 0 Å². The van der Waals surface area contributed by atoms with Gasteiger partial charge in [-0.25, -0.2) is 4.79 Å². The van der Waals surface area contributed by atoms with Crippen molar-refractivity contribution in [1.29, 1.82) is 0 Å². The Morgan fingerprint density at radius 2 is 1.96 bits per heavy atom. The summed E-state index contributed by atoms with van der Waals surface area (Å²) in [6.07, 6.45) is 0.844. The number of halogens is 1. The van der Waals surface area contributed by atoms with Crippen LogP contribution in [-0.2, 0) is 11.3 Å². The number of urea groups is 1.